The summed E-state index contributed by atoms with van der Waals surface area (Å²) >= 11 is 0. The molecule has 76 heavy (non-hydrogen) atoms. The summed E-state index contributed by atoms with van der Waals surface area (Å²) in [6.45, 7) is 0. The lowest BCUT2D eigenvalue weighted by Gasteiger charge is -2.14. The van der Waals surface area contributed by atoms with Crippen molar-refractivity contribution in [1.29, 1.82) is 0 Å². The summed E-state index contributed by atoms with van der Waals surface area (Å²) in [4.78, 5) is 0. The monoisotopic (exact) mass is 968 g/mol. The van der Waals surface area contributed by atoms with Crippen molar-refractivity contribution in [1.82, 2.24) is 9.13 Å². The van der Waals surface area contributed by atoms with E-state index in [4.69, 9.17) is 0 Å². The van der Waals surface area contributed by atoms with Gasteiger partial charge in [0, 0.05) is 22.1 Å². The highest BCUT2D eigenvalue weighted by Crippen LogP contribution is 2.40. The van der Waals surface area contributed by atoms with Gasteiger partial charge in [-0.15, -0.1) is 0 Å². The van der Waals surface area contributed by atoms with Crippen LogP contribution in [0.4, 0.5) is 0 Å². The maximum absolute atomic E-state index is 2.44. The molecule has 0 aliphatic carbocycles. The van der Waals surface area contributed by atoms with Crippen LogP contribution in [0.25, 0.3) is 101 Å². The van der Waals surface area contributed by atoms with Crippen molar-refractivity contribution in [2.45, 2.75) is 0 Å². The Morgan fingerprint density at radius 3 is 0.803 bits per heavy atom. The molecular weight excluding hydrogens is 917 g/mol. The van der Waals surface area contributed by atoms with E-state index in [1.807, 2.05) is 0 Å². The molecule has 0 N–H and O–H groups in total. The van der Waals surface area contributed by atoms with Gasteiger partial charge in [0.25, 0.3) is 0 Å². The molecule has 13 aromatic rings. The second kappa shape index (κ2) is 20.5. The molecule has 0 fully saturated rings. The smallest absolute Gasteiger partial charge is 0.0542 e. The maximum atomic E-state index is 2.44. The van der Waals surface area contributed by atoms with Crippen molar-refractivity contribution in [2.24, 2.45) is 0 Å². The number of rotatable bonds is 12. The Kier molecular flexibility index (Phi) is 12.3. The fourth-order valence-corrected chi connectivity index (χ4v) is 10.7. The van der Waals surface area contributed by atoms with Crippen molar-refractivity contribution >= 4 is 45.1 Å². The summed E-state index contributed by atoms with van der Waals surface area (Å²) < 4.78 is 4.89. The first-order valence-electron chi connectivity index (χ1n) is 26.1. The van der Waals surface area contributed by atoms with E-state index in [0.29, 0.717) is 0 Å². The lowest BCUT2D eigenvalue weighted by Crippen LogP contribution is -1.98. The number of benzene rings is 11. The summed E-state index contributed by atoms with van der Waals surface area (Å²) in [5, 5.41) is 2.32. The van der Waals surface area contributed by atoms with E-state index >= 15 is 0 Å². The minimum absolute atomic E-state index is 1.10. The van der Waals surface area contributed by atoms with Crippen LogP contribution in [0.3, 0.4) is 0 Å². The molecule has 0 aliphatic heterocycles. The van der Waals surface area contributed by atoms with Gasteiger partial charge in [-0.05, 0) is 139 Å². The first-order chi connectivity index (χ1) is 37.7. The second-order valence-electron chi connectivity index (χ2n) is 19.3. The van der Waals surface area contributed by atoms with Gasteiger partial charge in [-0.25, -0.2) is 0 Å². The third kappa shape index (κ3) is 9.21. The van der Waals surface area contributed by atoms with Crippen LogP contribution in [0.5, 0.6) is 0 Å². The van der Waals surface area contributed by atoms with Crippen LogP contribution < -0.4 is 0 Å². The highest BCUT2D eigenvalue weighted by atomic mass is 15.0. The summed E-state index contributed by atoms with van der Waals surface area (Å²) in [5.74, 6) is 0. The fourth-order valence-electron chi connectivity index (χ4n) is 10.7. The van der Waals surface area contributed by atoms with E-state index in [9.17, 15) is 0 Å². The second-order valence-corrected chi connectivity index (χ2v) is 19.3. The van der Waals surface area contributed by atoms with Gasteiger partial charge in [-0.2, -0.15) is 0 Å². The topological polar surface area (TPSA) is 9.86 Å². The quantitative estimate of drug-likeness (QED) is 0.108. The Morgan fingerprint density at radius 1 is 0.237 bits per heavy atom. The van der Waals surface area contributed by atoms with Crippen molar-refractivity contribution in [3.05, 3.63) is 337 Å². The maximum Gasteiger partial charge on any atom is 0.0542 e. The van der Waals surface area contributed by atoms with Crippen LogP contribution in [0.1, 0.15) is 33.4 Å². The summed E-state index contributed by atoms with van der Waals surface area (Å²) in [6, 6.07) is 110. The van der Waals surface area contributed by atoms with Crippen molar-refractivity contribution in [3.63, 3.8) is 0 Å². The van der Waals surface area contributed by atoms with E-state index in [2.05, 4.69) is 325 Å². The third-order valence-corrected chi connectivity index (χ3v) is 14.6. The van der Waals surface area contributed by atoms with E-state index in [1.54, 1.807) is 0 Å². The van der Waals surface area contributed by atoms with Crippen LogP contribution >= 0.6 is 0 Å². The molecule has 2 nitrogen and oxygen atoms in total. The molecule has 0 radical (unpaired) electrons. The molecule has 11 aromatic carbocycles. The molecule has 0 atom stereocenters. The standard InChI is InChI=1S/C74H52N2/c1-7-19-55(20-8-1)57-35-39-63(40-36-57)71-49-65-51-74-66(52-73(65)75(71)67-43-31-53(32-44-67)47-69(59-23-11-3-12-24-59)60-25-13-4-14-26-60)50-72(64-41-37-58(38-42-64)56-21-9-2-10-22-56)76(74)68-45-33-54(34-46-68)48-70(61-27-15-5-16-28-61)62-29-17-6-18-30-62/h1-52H. The van der Waals surface area contributed by atoms with Gasteiger partial charge >= 0.3 is 0 Å². The number of fused-ring (bicyclic) bond motifs is 2. The summed E-state index contributed by atoms with van der Waals surface area (Å²) in [5.41, 5.74) is 23.2. The van der Waals surface area contributed by atoms with Gasteiger partial charge in [0.1, 0.15) is 0 Å². The molecule has 0 saturated carbocycles. The van der Waals surface area contributed by atoms with E-state index in [-0.39, 0.29) is 0 Å². The Balaban J connectivity index is 0.968. The van der Waals surface area contributed by atoms with Crippen LogP contribution in [0.15, 0.2) is 303 Å². The molecule has 0 bridgehead atoms. The Hall–Kier alpha value is -10.0. The van der Waals surface area contributed by atoms with Gasteiger partial charge in [0.15, 0.2) is 0 Å². The zero-order valence-electron chi connectivity index (χ0n) is 41.9. The largest absolute Gasteiger partial charge is 0.309 e. The van der Waals surface area contributed by atoms with E-state index in [1.165, 1.54) is 55.7 Å². The first-order valence-corrected chi connectivity index (χ1v) is 26.1. The molecule has 13 rings (SSSR count). The molecule has 0 spiro atoms. The predicted molar refractivity (Wildman–Crippen MR) is 322 cm³/mol. The predicted octanol–water partition coefficient (Wildman–Crippen LogP) is 19.4. The molecular formula is C74H52N2. The van der Waals surface area contributed by atoms with Crippen LogP contribution in [-0.4, -0.2) is 9.13 Å². The molecule has 0 unspecified atom stereocenters. The van der Waals surface area contributed by atoms with E-state index < -0.39 is 0 Å². The zero-order valence-corrected chi connectivity index (χ0v) is 41.9. The fraction of sp³-hybridized carbons (Fsp3) is 0. The average molecular weight is 969 g/mol. The van der Waals surface area contributed by atoms with Gasteiger partial charge in [-0.3, -0.25) is 0 Å². The molecule has 0 amide bonds. The molecule has 2 heterocycles. The Morgan fingerprint density at radius 2 is 0.500 bits per heavy atom. The van der Waals surface area contributed by atoms with Crippen LogP contribution in [0.2, 0.25) is 0 Å². The lowest BCUT2D eigenvalue weighted by molar-refractivity contribution is 1.13. The molecule has 358 valence electrons. The zero-order chi connectivity index (χ0) is 50.6. The molecule has 2 aromatic heterocycles. The minimum Gasteiger partial charge on any atom is -0.309 e. The first kappa shape index (κ1) is 45.8. The normalized spacial score (nSPS) is 11.2. The number of aromatic nitrogens is 2. The summed E-state index contributed by atoms with van der Waals surface area (Å²) in [7, 11) is 0. The van der Waals surface area contributed by atoms with Crippen LogP contribution in [-0.2, 0) is 0 Å². The molecule has 2 heteroatoms. The number of hydrogen-bond acceptors (Lipinski definition) is 0. The number of hydrogen-bond donors (Lipinski definition) is 0. The highest BCUT2D eigenvalue weighted by molar-refractivity contribution is 6.03. The minimum atomic E-state index is 1.10. The third-order valence-electron chi connectivity index (χ3n) is 14.6. The van der Waals surface area contributed by atoms with Gasteiger partial charge in [-0.1, -0.05) is 255 Å². The van der Waals surface area contributed by atoms with Gasteiger partial charge in [0.2, 0.25) is 0 Å². The number of nitrogens with zero attached hydrogens (tertiary/aromatic N) is 2. The molecule has 0 saturated heterocycles. The SMILES string of the molecule is C(=C(c1ccccc1)c1ccccc1)c1ccc(-n2c(-c3ccc(-c4ccccc4)cc3)cc3cc4c(cc(-c5ccc(-c6ccccc6)cc5)n4-c4ccc(C=C(c5ccccc5)c5ccccc5)cc4)cc32)cc1. The lowest BCUT2D eigenvalue weighted by atomic mass is 9.96. The average Bonchev–Trinajstić information content (AvgIpc) is 4.08. The highest BCUT2D eigenvalue weighted by Gasteiger charge is 2.19. The Bertz CT molecular complexity index is 3790. The summed E-state index contributed by atoms with van der Waals surface area (Å²) in [6.07, 6.45) is 4.61. The van der Waals surface area contributed by atoms with E-state index in [0.717, 1.165) is 66.8 Å². The Labute approximate surface area is 444 Å². The van der Waals surface area contributed by atoms with Crippen molar-refractivity contribution in [3.8, 4) is 56.1 Å². The van der Waals surface area contributed by atoms with Crippen molar-refractivity contribution < 1.29 is 0 Å². The molecule has 0 aliphatic rings. The van der Waals surface area contributed by atoms with Gasteiger partial charge < -0.3 is 9.13 Å². The van der Waals surface area contributed by atoms with Gasteiger partial charge in [0.05, 0.1) is 22.4 Å². The van der Waals surface area contributed by atoms with Crippen LogP contribution in [0, 0.1) is 0 Å². The van der Waals surface area contributed by atoms with Crippen molar-refractivity contribution in [2.75, 3.05) is 0 Å².